The topological polar surface area (TPSA) is 9.23 Å². The predicted octanol–water partition coefficient (Wildman–Crippen LogP) is 2.40. The standard InChI is InChI=1S/C7H9F5O/c8-5(4-2-1-3-13-4)6(9)7(10,11)12/h4-6H,1-3H2/t4-,5+,6-/m0/s1. The summed E-state index contributed by atoms with van der Waals surface area (Å²) in [6.45, 7) is 0.204. The van der Waals surface area contributed by atoms with Crippen molar-refractivity contribution in [3.05, 3.63) is 0 Å². The number of halogens is 5. The van der Waals surface area contributed by atoms with E-state index in [0.717, 1.165) is 0 Å². The molecule has 0 aromatic carbocycles. The molecule has 0 aromatic rings. The minimum absolute atomic E-state index is 0.150. The Morgan fingerprint density at radius 3 is 2.23 bits per heavy atom. The lowest BCUT2D eigenvalue weighted by Gasteiger charge is -2.20. The van der Waals surface area contributed by atoms with Gasteiger partial charge in [0.15, 0.2) is 6.17 Å². The number of ether oxygens (including phenoxy) is 1. The molecule has 0 saturated carbocycles. The maximum atomic E-state index is 12.8. The van der Waals surface area contributed by atoms with Gasteiger partial charge in [-0.15, -0.1) is 0 Å². The molecule has 0 aliphatic carbocycles. The average Bonchev–Trinajstić information content (AvgIpc) is 2.51. The van der Waals surface area contributed by atoms with Gasteiger partial charge in [0.05, 0.1) is 6.10 Å². The van der Waals surface area contributed by atoms with Gasteiger partial charge in [0, 0.05) is 6.61 Å². The zero-order chi connectivity index (χ0) is 10.1. The van der Waals surface area contributed by atoms with E-state index in [1.165, 1.54) is 0 Å². The summed E-state index contributed by atoms with van der Waals surface area (Å²) in [5, 5.41) is 0. The minimum Gasteiger partial charge on any atom is -0.375 e. The van der Waals surface area contributed by atoms with Crippen LogP contribution in [0.4, 0.5) is 22.0 Å². The molecule has 1 nitrogen and oxygen atoms in total. The van der Waals surface area contributed by atoms with Crippen LogP contribution in [0.1, 0.15) is 12.8 Å². The summed E-state index contributed by atoms with van der Waals surface area (Å²) in [4.78, 5) is 0. The molecule has 0 bridgehead atoms. The van der Waals surface area contributed by atoms with Crippen molar-refractivity contribution in [2.75, 3.05) is 6.61 Å². The van der Waals surface area contributed by atoms with Crippen molar-refractivity contribution in [2.24, 2.45) is 0 Å². The van der Waals surface area contributed by atoms with E-state index in [4.69, 9.17) is 0 Å². The normalized spacial score (nSPS) is 28.8. The van der Waals surface area contributed by atoms with Gasteiger partial charge in [-0.25, -0.2) is 8.78 Å². The molecule has 0 aromatic heterocycles. The van der Waals surface area contributed by atoms with Gasteiger partial charge >= 0.3 is 6.18 Å². The van der Waals surface area contributed by atoms with Crippen molar-refractivity contribution in [3.63, 3.8) is 0 Å². The third kappa shape index (κ3) is 2.52. The third-order valence-electron chi connectivity index (χ3n) is 1.91. The number of hydrogen-bond acceptors (Lipinski definition) is 1. The SMILES string of the molecule is F[C@H]([C@@H]1CCCO1)[C@H](F)C(F)(F)F. The molecule has 0 N–H and O–H groups in total. The highest BCUT2D eigenvalue weighted by atomic mass is 19.4. The van der Waals surface area contributed by atoms with E-state index in [0.29, 0.717) is 6.42 Å². The van der Waals surface area contributed by atoms with E-state index in [1.54, 1.807) is 0 Å². The van der Waals surface area contributed by atoms with Gasteiger partial charge in [-0.1, -0.05) is 0 Å². The van der Waals surface area contributed by atoms with Crippen LogP contribution in [0.3, 0.4) is 0 Å². The summed E-state index contributed by atoms with van der Waals surface area (Å²) in [6, 6.07) is 0. The van der Waals surface area contributed by atoms with Crippen LogP contribution in [0.15, 0.2) is 0 Å². The fourth-order valence-corrected chi connectivity index (χ4v) is 1.22. The van der Waals surface area contributed by atoms with Crippen LogP contribution in [0, 0.1) is 0 Å². The van der Waals surface area contributed by atoms with Gasteiger partial charge in [0.25, 0.3) is 0 Å². The molecule has 1 aliphatic rings. The summed E-state index contributed by atoms with van der Waals surface area (Å²) in [6.07, 6.45) is -11.8. The van der Waals surface area contributed by atoms with Gasteiger partial charge in [0.2, 0.25) is 6.17 Å². The van der Waals surface area contributed by atoms with Crippen LogP contribution < -0.4 is 0 Å². The highest BCUT2D eigenvalue weighted by Crippen LogP contribution is 2.31. The molecule has 1 heterocycles. The van der Waals surface area contributed by atoms with Crippen molar-refractivity contribution >= 4 is 0 Å². The van der Waals surface area contributed by atoms with Crippen LogP contribution in [0.2, 0.25) is 0 Å². The molecule has 0 unspecified atom stereocenters. The zero-order valence-electron chi connectivity index (χ0n) is 6.65. The average molecular weight is 204 g/mol. The van der Waals surface area contributed by atoms with Crippen LogP contribution >= 0.6 is 0 Å². The number of rotatable bonds is 2. The highest BCUT2D eigenvalue weighted by molar-refractivity contribution is 4.84. The minimum atomic E-state index is -5.13. The molecule has 0 amide bonds. The predicted molar refractivity (Wildman–Crippen MR) is 34.8 cm³/mol. The Hall–Kier alpha value is -0.390. The fraction of sp³-hybridized carbons (Fsp3) is 1.00. The molecular formula is C7H9F5O. The number of alkyl halides is 5. The smallest absolute Gasteiger partial charge is 0.375 e. The summed E-state index contributed by atoms with van der Waals surface area (Å²) < 4.78 is 64.8. The summed E-state index contributed by atoms with van der Waals surface area (Å²) in [5.74, 6) is 0. The maximum absolute atomic E-state index is 12.8. The summed E-state index contributed by atoms with van der Waals surface area (Å²) in [5.41, 5.74) is 0. The van der Waals surface area contributed by atoms with Gasteiger partial charge < -0.3 is 4.74 Å². The lowest BCUT2D eigenvalue weighted by atomic mass is 10.1. The van der Waals surface area contributed by atoms with Crippen molar-refractivity contribution in [1.29, 1.82) is 0 Å². The van der Waals surface area contributed by atoms with Crippen LogP contribution in [0.25, 0.3) is 0 Å². The summed E-state index contributed by atoms with van der Waals surface area (Å²) >= 11 is 0. The zero-order valence-corrected chi connectivity index (χ0v) is 6.65. The largest absolute Gasteiger partial charge is 0.422 e. The molecule has 1 aliphatic heterocycles. The van der Waals surface area contributed by atoms with Gasteiger partial charge in [-0.3, -0.25) is 0 Å². The monoisotopic (exact) mass is 204 g/mol. The molecule has 1 fully saturated rings. The Kier molecular flexibility index (Phi) is 3.10. The molecule has 78 valence electrons. The molecule has 3 atom stereocenters. The molecule has 13 heavy (non-hydrogen) atoms. The number of hydrogen-bond donors (Lipinski definition) is 0. The van der Waals surface area contributed by atoms with E-state index < -0.39 is 24.6 Å². The van der Waals surface area contributed by atoms with E-state index in [-0.39, 0.29) is 13.0 Å². The fourth-order valence-electron chi connectivity index (χ4n) is 1.22. The molecule has 6 heteroatoms. The van der Waals surface area contributed by atoms with Crippen molar-refractivity contribution in [1.82, 2.24) is 0 Å². The quantitative estimate of drug-likeness (QED) is 0.627. The molecule has 1 saturated heterocycles. The molecule has 0 spiro atoms. The van der Waals surface area contributed by atoms with Gasteiger partial charge in [0.1, 0.15) is 0 Å². The Morgan fingerprint density at radius 1 is 1.23 bits per heavy atom. The Balaban J connectivity index is 2.50. The first-order valence-corrected chi connectivity index (χ1v) is 3.89. The first-order chi connectivity index (χ1) is 5.93. The first kappa shape index (κ1) is 10.7. The van der Waals surface area contributed by atoms with E-state index in [1.807, 2.05) is 0 Å². The molecule has 0 radical (unpaired) electrons. The van der Waals surface area contributed by atoms with Crippen molar-refractivity contribution in [2.45, 2.75) is 37.5 Å². The lowest BCUT2D eigenvalue weighted by Crippen LogP contribution is -2.40. The van der Waals surface area contributed by atoms with Crippen LogP contribution in [0.5, 0.6) is 0 Å². The van der Waals surface area contributed by atoms with Crippen LogP contribution in [-0.4, -0.2) is 31.2 Å². The second-order valence-corrected chi connectivity index (χ2v) is 2.94. The van der Waals surface area contributed by atoms with Crippen LogP contribution in [-0.2, 0) is 4.74 Å². The maximum Gasteiger partial charge on any atom is 0.422 e. The van der Waals surface area contributed by atoms with E-state index in [2.05, 4.69) is 4.74 Å². The molecular weight excluding hydrogens is 195 g/mol. The third-order valence-corrected chi connectivity index (χ3v) is 1.91. The highest BCUT2D eigenvalue weighted by Gasteiger charge is 2.49. The van der Waals surface area contributed by atoms with Gasteiger partial charge in [-0.05, 0) is 12.8 Å². The van der Waals surface area contributed by atoms with E-state index in [9.17, 15) is 22.0 Å². The molecule has 1 rings (SSSR count). The second kappa shape index (κ2) is 3.77. The lowest BCUT2D eigenvalue weighted by molar-refractivity contribution is -0.206. The Bertz CT molecular complexity index is 163. The summed E-state index contributed by atoms with van der Waals surface area (Å²) in [7, 11) is 0. The first-order valence-electron chi connectivity index (χ1n) is 3.89. The Labute approximate surface area is 71.9 Å². The second-order valence-electron chi connectivity index (χ2n) is 2.94. The van der Waals surface area contributed by atoms with Crippen molar-refractivity contribution < 1.29 is 26.7 Å². The van der Waals surface area contributed by atoms with Crippen molar-refractivity contribution in [3.8, 4) is 0 Å². The Morgan fingerprint density at radius 2 is 1.85 bits per heavy atom. The van der Waals surface area contributed by atoms with Gasteiger partial charge in [-0.2, -0.15) is 13.2 Å². The van der Waals surface area contributed by atoms with E-state index >= 15 is 0 Å².